The molecule has 2 aromatic rings. The summed E-state index contributed by atoms with van der Waals surface area (Å²) in [5, 5.41) is 18.2. The summed E-state index contributed by atoms with van der Waals surface area (Å²) in [6.07, 6.45) is 3.79. The van der Waals surface area contributed by atoms with Crippen molar-refractivity contribution in [1.29, 1.82) is 0 Å². The number of hydrogen-bond acceptors (Lipinski definition) is 7. The molecule has 0 saturated heterocycles. The number of nitrogens with one attached hydrogen (secondary N) is 4. The van der Waals surface area contributed by atoms with Gasteiger partial charge in [0.25, 0.3) is 0 Å². The van der Waals surface area contributed by atoms with E-state index in [2.05, 4.69) is 20.9 Å². The van der Waals surface area contributed by atoms with Gasteiger partial charge in [0.15, 0.2) is 0 Å². The highest BCUT2D eigenvalue weighted by Crippen LogP contribution is 2.19. The number of aliphatic carboxylic acids is 1. The molecule has 0 aliphatic carbocycles. The number of para-hydroxylation sites is 1. The smallest absolute Gasteiger partial charge is 0.326 e. The molecule has 4 atom stereocenters. The van der Waals surface area contributed by atoms with Crippen LogP contribution in [0.1, 0.15) is 31.7 Å². The summed E-state index contributed by atoms with van der Waals surface area (Å²) in [7, 11) is 0. The van der Waals surface area contributed by atoms with Crippen molar-refractivity contribution in [2.75, 3.05) is 12.0 Å². The average Bonchev–Trinajstić information content (AvgIpc) is 3.26. The number of H-pyrrole nitrogens is 1. The molecule has 4 unspecified atom stereocenters. The number of carbonyl (C=O) groups excluding carboxylic acids is 4. The molecule has 0 aliphatic heterocycles. The summed E-state index contributed by atoms with van der Waals surface area (Å²) in [6.45, 7) is 1.43. The van der Waals surface area contributed by atoms with Gasteiger partial charge in [0.05, 0.1) is 6.04 Å². The summed E-state index contributed by atoms with van der Waals surface area (Å²) in [5.41, 5.74) is 12.4. The van der Waals surface area contributed by atoms with Gasteiger partial charge in [0.2, 0.25) is 23.6 Å². The number of carboxylic acid groups (broad SMARTS) is 1. The van der Waals surface area contributed by atoms with Crippen molar-refractivity contribution in [2.24, 2.45) is 11.5 Å². The van der Waals surface area contributed by atoms with Crippen molar-refractivity contribution in [3.8, 4) is 0 Å². The Morgan fingerprint density at radius 1 is 1.00 bits per heavy atom. The molecular weight excluding hydrogens is 500 g/mol. The first-order valence-electron chi connectivity index (χ1n) is 11.7. The zero-order valence-corrected chi connectivity index (χ0v) is 21.6. The van der Waals surface area contributed by atoms with Gasteiger partial charge in [0, 0.05) is 29.9 Å². The van der Waals surface area contributed by atoms with Crippen molar-refractivity contribution < 1.29 is 29.1 Å². The van der Waals surface area contributed by atoms with E-state index in [0.717, 1.165) is 16.5 Å². The number of rotatable bonds is 15. The van der Waals surface area contributed by atoms with E-state index < -0.39 is 53.8 Å². The van der Waals surface area contributed by atoms with E-state index >= 15 is 0 Å². The summed E-state index contributed by atoms with van der Waals surface area (Å²) in [5.74, 6) is -3.21. The number of amides is 4. The predicted octanol–water partition coefficient (Wildman–Crippen LogP) is -0.385. The van der Waals surface area contributed by atoms with Crippen LogP contribution in [0.3, 0.4) is 0 Å². The fourth-order valence-electron chi connectivity index (χ4n) is 3.61. The summed E-state index contributed by atoms with van der Waals surface area (Å²) in [4.78, 5) is 63.9. The number of primary amides is 1. The topological polar surface area (TPSA) is 209 Å². The second kappa shape index (κ2) is 14.2. The number of benzene rings is 1. The third kappa shape index (κ3) is 9.10. The minimum Gasteiger partial charge on any atom is -0.480 e. The van der Waals surface area contributed by atoms with Crippen LogP contribution < -0.4 is 27.4 Å². The van der Waals surface area contributed by atoms with Crippen LogP contribution in [-0.4, -0.2) is 75.9 Å². The van der Waals surface area contributed by atoms with Gasteiger partial charge in [-0.1, -0.05) is 18.2 Å². The second-order valence-electron chi connectivity index (χ2n) is 8.65. The lowest BCUT2D eigenvalue weighted by molar-refractivity contribution is -0.142. The Labute approximate surface area is 218 Å². The molecule has 0 bridgehead atoms. The number of fused-ring (bicyclic) bond motifs is 1. The molecule has 0 fully saturated rings. The van der Waals surface area contributed by atoms with Crippen LogP contribution in [0.2, 0.25) is 0 Å². The Bertz CT molecular complexity index is 1120. The van der Waals surface area contributed by atoms with Gasteiger partial charge in [-0.3, -0.25) is 19.2 Å². The summed E-state index contributed by atoms with van der Waals surface area (Å²) >= 11 is 1.46. The minimum absolute atomic E-state index is 0.0290. The molecule has 0 radical (unpaired) electrons. The highest BCUT2D eigenvalue weighted by Gasteiger charge is 2.29. The van der Waals surface area contributed by atoms with Gasteiger partial charge in [-0.2, -0.15) is 11.8 Å². The predicted molar refractivity (Wildman–Crippen MR) is 141 cm³/mol. The van der Waals surface area contributed by atoms with Crippen molar-refractivity contribution >= 4 is 52.3 Å². The minimum atomic E-state index is -1.22. The van der Waals surface area contributed by atoms with Gasteiger partial charge >= 0.3 is 5.97 Å². The first-order valence-corrected chi connectivity index (χ1v) is 13.1. The number of carboxylic acids is 1. The molecule has 13 heteroatoms. The van der Waals surface area contributed by atoms with Crippen LogP contribution in [0.15, 0.2) is 30.5 Å². The van der Waals surface area contributed by atoms with E-state index in [-0.39, 0.29) is 25.7 Å². The Hall–Kier alpha value is -3.58. The van der Waals surface area contributed by atoms with Crippen LogP contribution in [0.25, 0.3) is 10.9 Å². The quantitative estimate of drug-likeness (QED) is 0.160. The zero-order valence-electron chi connectivity index (χ0n) is 20.8. The van der Waals surface area contributed by atoms with E-state index in [4.69, 9.17) is 11.5 Å². The average molecular weight is 535 g/mol. The molecule has 4 amide bonds. The molecule has 1 heterocycles. The summed E-state index contributed by atoms with van der Waals surface area (Å²) in [6, 6.07) is 3.12. The zero-order chi connectivity index (χ0) is 27.5. The Morgan fingerprint density at radius 2 is 1.68 bits per heavy atom. The highest BCUT2D eigenvalue weighted by atomic mass is 32.2. The van der Waals surface area contributed by atoms with Crippen molar-refractivity contribution in [3.63, 3.8) is 0 Å². The van der Waals surface area contributed by atoms with E-state index in [9.17, 15) is 29.1 Å². The van der Waals surface area contributed by atoms with E-state index in [1.165, 1.54) is 18.7 Å². The van der Waals surface area contributed by atoms with Crippen molar-refractivity contribution in [2.45, 2.75) is 56.8 Å². The standard InChI is InChI=1S/C24H34N6O6S/c1-13(28-22(33)16(25)7-8-20(26)31)21(32)29-18(9-10-37-2)23(34)30-19(24(35)36)11-14-12-27-17-6-4-3-5-15(14)17/h3-6,12-13,16,18-19,27H,7-11,25H2,1-2H3,(H2,26,31)(H,28,33)(H,29,32)(H,30,34)(H,35,36). The van der Waals surface area contributed by atoms with Crippen molar-refractivity contribution in [1.82, 2.24) is 20.9 Å². The number of hydrogen-bond donors (Lipinski definition) is 7. The fraction of sp³-hybridized carbons (Fsp3) is 0.458. The largest absolute Gasteiger partial charge is 0.480 e. The normalized spacial score (nSPS) is 14.2. The molecule has 37 heavy (non-hydrogen) atoms. The maximum absolute atomic E-state index is 13.0. The van der Waals surface area contributed by atoms with Gasteiger partial charge in [-0.05, 0) is 43.4 Å². The molecule has 12 nitrogen and oxygen atoms in total. The van der Waals surface area contributed by atoms with E-state index in [0.29, 0.717) is 5.75 Å². The molecule has 2 rings (SSSR count). The van der Waals surface area contributed by atoms with Crippen LogP contribution in [0.5, 0.6) is 0 Å². The van der Waals surface area contributed by atoms with Gasteiger partial charge in [0.1, 0.15) is 18.1 Å². The third-order valence-electron chi connectivity index (χ3n) is 5.75. The maximum Gasteiger partial charge on any atom is 0.326 e. The number of nitrogens with two attached hydrogens (primary N) is 2. The lowest BCUT2D eigenvalue weighted by Gasteiger charge is -2.23. The number of carbonyl (C=O) groups is 5. The van der Waals surface area contributed by atoms with Crippen LogP contribution >= 0.6 is 11.8 Å². The molecule has 0 spiro atoms. The Morgan fingerprint density at radius 3 is 2.32 bits per heavy atom. The van der Waals surface area contributed by atoms with Crippen LogP contribution in [0.4, 0.5) is 0 Å². The molecule has 9 N–H and O–H groups in total. The van der Waals surface area contributed by atoms with Gasteiger partial charge in [-0.15, -0.1) is 0 Å². The number of aromatic nitrogens is 1. The monoisotopic (exact) mass is 534 g/mol. The first-order chi connectivity index (χ1) is 17.5. The molecule has 0 aliphatic rings. The first kappa shape index (κ1) is 29.6. The summed E-state index contributed by atoms with van der Waals surface area (Å²) < 4.78 is 0. The second-order valence-corrected chi connectivity index (χ2v) is 9.63. The van der Waals surface area contributed by atoms with Gasteiger partial charge < -0.3 is 37.5 Å². The van der Waals surface area contributed by atoms with E-state index in [1.807, 2.05) is 30.5 Å². The molecule has 1 aromatic carbocycles. The van der Waals surface area contributed by atoms with Crippen LogP contribution in [-0.2, 0) is 30.4 Å². The Kier molecular flexibility index (Phi) is 11.4. The number of thioether (sulfide) groups is 1. The third-order valence-corrected chi connectivity index (χ3v) is 6.39. The highest BCUT2D eigenvalue weighted by molar-refractivity contribution is 7.98. The molecule has 0 saturated carbocycles. The fourth-order valence-corrected chi connectivity index (χ4v) is 4.08. The SMILES string of the molecule is CSCCC(NC(=O)C(C)NC(=O)C(N)CCC(N)=O)C(=O)NC(Cc1c[nH]c2ccccc12)C(=O)O. The molecular formula is C24H34N6O6S. The molecule has 1 aromatic heterocycles. The van der Waals surface area contributed by atoms with E-state index in [1.54, 1.807) is 6.20 Å². The lowest BCUT2D eigenvalue weighted by Crippen LogP contribution is -2.56. The lowest BCUT2D eigenvalue weighted by atomic mass is 10.0. The Balaban J connectivity index is 2.04. The number of aromatic amines is 1. The van der Waals surface area contributed by atoms with Crippen molar-refractivity contribution in [3.05, 3.63) is 36.0 Å². The maximum atomic E-state index is 13.0. The van der Waals surface area contributed by atoms with Gasteiger partial charge in [-0.25, -0.2) is 4.79 Å². The molecule has 202 valence electrons. The van der Waals surface area contributed by atoms with Crippen LogP contribution in [0, 0.1) is 0 Å².